The summed E-state index contributed by atoms with van der Waals surface area (Å²) in [5, 5.41) is 0. The summed E-state index contributed by atoms with van der Waals surface area (Å²) in [5.41, 5.74) is 0.639. The molecular formula is C20H28N2O3. The smallest absolute Gasteiger partial charge is 0.223 e. The lowest BCUT2D eigenvalue weighted by Crippen LogP contribution is -2.52. The highest BCUT2D eigenvalue weighted by atomic mass is 16.5. The van der Waals surface area contributed by atoms with Gasteiger partial charge >= 0.3 is 0 Å². The zero-order chi connectivity index (χ0) is 18.0. The van der Waals surface area contributed by atoms with E-state index < -0.39 is 0 Å². The number of likely N-dealkylation sites (tertiary alicyclic amines) is 1. The molecule has 1 saturated carbocycles. The van der Waals surface area contributed by atoms with Gasteiger partial charge in [0.2, 0.25) is 5.91 Å². The Morgan fingerprint density at radius 3 is 2.20 bits per heavy atom. The average Bonchev–Trinajstić information content (AvgIpc) is 2.90. The van der Waals surface area contributed by atoms with Gasteiger partial charge in [0.15, 0.2) is 5.78 Å². The average molecular weight is 344 g/mol. The minimum atomic E-state index is 0.0159. The molecule has 0 spiro atoms. The van der Waals surface area contributed by atoms with Crippen LogP contribution in [0.4, 0.5) is 0 Å². The molecule has 25 heavy (non-hydrogen) atoms. The Bertz CT molecular complexity index is 612. The Morgan fingerprint density at radius 1 is 1.08 bits per heavy atom. The van der Waals surface area contributed by atoms with Crippen molar-refractivity contribution >= 4 is 11.7 Å². The van der Waals surface area contributed by atoms with Gasteiger partial charge in [0, 0.05) is 37.5 Å². The second-order valence-corrected chi connectivity index (χ2v) is 7.50. The van der Waals surface area contributed by atoms with E-state index in [0.29, 0.717) is 29.9 Å². The summed E-state index contributed by atoms with van der Waals surface area (Å²) in [6.45, 7) is 1.68. The first-order valence-electron chi connectivity index (χ1n) is 9.11. The van der Waals surface area contributed by atoms with Crippen LogP contribution in [-0.4, -0.2) is 61.8 Å². The quantitative estimate of drug-likeness (QED) is 0.744. The predicted octanol–water partition coefficient (Wildman–Crippen LogP) is 2.46. The molecule has 2 aliphatic rings. The van der Waals surface area contributed by atoms with Gasteiger partial charge in [-0.15, -0.1) is 0 Å². The second kappa shape index (κ2) is 7.56. The number of hydrogen-bond donors (Lipinski definition) is 0. The Kier molecular flexibility index (Phi) is 5.42. The zero-order valence-corrected chi connectivity index (χ0v) is 15.4. The summed E-state index contributed by atoms with van der Waals surface area (Å²) in [6.07, 6.45) is 3.00. The first-order valence-corrected chi connectivity index (χ1v) is 9.11. The van der Waals surface area contributed by atoms with Crippen LogP contribution < -0.4 is 4.74 Å². The van der Waals surface area contributed by atoms with Crippen molar-refractivity contribution in [2.45, 2.75) is 31.7 Å². The number of benzene rings is 1. The number of fused-ring (bicyclic) bond motifs is 2. The van der Waals surface area contributed by atoms with Gasteiger partial charge in [0.1, 0.15) is 5.75 Å². The van der Waals surface area contributed by atoms with Crippen LogP contribution in [0.3, 0.4) is 0 Å². The molecule has 5 heteroatoms. The van der Waals surface area contributed by atoms with Crippen molar-refractivity contribution in [3.8, 4) is 5.75 Å². The van der Waals surface area contributed by atoms with Crippen LogP contribution in [0.2, 0.25) is 0 Å². The van der Waals surface area contributed by atoms with Gasteiger partial charge in [-0.05, 0) is 63.0 Å². The van der Waals surface area contributed by atoms with Crippen molar-refractivity contribution in [1.29, 1.82) is 0 Å². The first kappa shape index (κ1) is 17.9. The van der Waals surface area contributed by atoms with E-state index in [-0.39, 0.29) is 18.1 Å². The monoisotopic (exact) mass is 344 g/mol. The molecule has 1 aromatic rings. The zero-order valence-electron chi connectivity index (χ0n) is 15.4. The Balaban J connectivity index is 1.52. The van der Waals surface area contributed by atoms with E-state index in [2.05, 4.69) is 19.0 Å². The van der Waals surface area contributed by atoms with Crippen LogP contribution in [0.25, 0.3) is 0 Å². The molecule has 3 atom stereocenters. The fourth-order valence-electron chi connectivity index (χ4n) is 4.54. The number of carbonyl (C=O) groups excluding carboxylic acids is 2. The van der Waals surface area contributed by atoms with Crippen molar-refractivity contribution in [1.82, 2.24) is 9.80 Å². The molecule has 3 rings (SSSR count). The van der Waals surface area contributed by atoms with Gasteiger partial charge in [0.25, 0.3) is 0 Å². The molecule has 1 amide bonds. The fourth-order valence-corrected chi connectivity index (χ4v) is 4.54. The standard InChI is InChI=1S/C20H28N2O3/c1-21(2)20-15-4-5-16(20)13-22(12-15)19(24)11-10-18(23)14-6-8-17(25-3)9-7-14/h6-9,15-16,20H,4-5,10-13H2,1-3H3/t15-,16+,20?. The third-order valence-corrected chi connectivity index (χ3v) is 5.71. The maximum atomic E-state index is 12.6. The highest BCUT2D eigenvalue weighted by Gasteiger charge is 2.43. The molecule has 2 bridgehead atoms. The van der Waals surface area contributed by atoms with Crippen molar-refractivity contribution in [3.05, 3.63) is 29.8 Å². The van der Waals surface area contributed by atoms with Crippen LogP contribution in [-0.2, 0) is 4.79 Å². The molecular weight excluding hydrogens is 316 g/mol. The molecule has 2 fully saturated rings. The number of ether oxygens (including phenoxy) is 1. The summed E-state index contributed by atoms with van der Waals surface area (Å²) in [5.74, 6) is 2.02. The van der Waals surface area contributed by atoms with Crippen LogP contribution in [0.5, 0.6) is 5.75 Å². The van der Waals surface area contributed by atoms with Crippen molar-refractivity contribution < 1.29 is 14.3 Å². The topological polar surface area (TPSA) is 49.9 Å². The summed E-state index contributed by atoms with van der Waals surface area (Å²) in [4.78, 5) is 29.2. The largest absolute Gasteiger partial charge is 0.497 e. The molecule has 1 aliphatic carbocycles. The summed E-state index contributed by atoms with van der Waals surface area (Å²) >= 11 is 0. The molecule has 0 N–H and O–H groups in total. The van der Waals surface area contributed by atoms with E-state index in [0.717, 1.165) is 18.8 Å². The van der Waals surface area contributed by atoms with E-state index in [1.165, 1.54) is 12.8 Å². The third kappa shape index (κ3) is 3.87. The second-order valence-electron chi connectivity index (χ2n) is 7.50. The molecule has 1 aliphatic heterocycles. The Morgan fingerprint density at radius 2 is 1.68 bits per heavy atom. The summed E-state index contributed by atoms with van der Waals surface area (Å²) in [6, 6.07) is 7.67. The first-order chi connectivity index (χ1) is 12.0. The molecule has 1 heterocycles. The number of nitrogens with zero attached hydrogens (tertiary/aromatic N) is 2. The number of amides is 1. The molecule has 5 nitrogen and oxygen atoms in total. The van der Waals surface area contributed by atoms with Crippen LogP contribution >= 0.6 is 0 Å². The van der Waals surface area contributed by atoms with Crippen molar-refractivity contribution in [2.24, 2.45) is 11.8 Å². The van der Waals surface area contributed by atoms with Crippen LogP contribution in [0.15, 0.2) is 24.3 Å². The van der Waals surface area contributed by atoms with Gasteiger partial charge in [-0.25, -0.2) is 0 Å². The van der Waals surface area contributed by atoms with Crippen molar-refractivity contribution in [2.75, 3.05) is 34.3 Å². The summed E-state index contributed by atoms with van der Waals surface area (Å²) < 4.78 is 5.10. The lowest BCUT2D eigenvalue weighted by atomic mass is 9.91. The highest BCUT2D eigenvalue weighted by molar-refractivity contribution is 5.98. The van der Waals surface area contributed by atoms with E-state index >= 15 is 0 Å². The number of ketones is 1. The molecule has 0 aromatic heterocycles. The lowest BCUT2D eigenvalue weighted by molar-refractivity contribution is -0.134. The molecule has 0 radical (unpaired) electrons. The number of carbonyl (C=O) groups is 2. The molecule has 1 unspecified atom stereocenters. The molecule has 1 saturated heterocycles. The fraction of sp³-hybridized carbons (Fsp3) is 0.600. The van der Waals surface area contributed by atoms with Crippen LogP contribution in [0.1, 0.15) is 36.0 Å². The predicted molar refractivity (Wildman–Crippen MR) is 96.8 cm³/mol. The third-order valence-electron chi connectivity index (χ3n) is 5.71. The van der Waals surface area contributed by atoms with E-state index in [1.807, 2.05) is 4.90 Å². The van der Waals surface area contributed by atoms with Gasteiger partial charge in [-0.3, -0.25) is 9.59 Å². The number of Topliss-reactive ketones (excluding diaryl/α,β-unsaturated/α-hetero) is 1. The number of rotatable bonds is 6. The minimum absolute atomic E-state index is 0.0159. The van der Waals surface area contributed by atoms with E-state index in [9.17, 15) is 9.59 Å². The molecule has 136 valence electrons. The lowest BCUT2D eigenvalue weighted by Gasteiger charge is -2.41. The summed E-state index contributed by atoms with van der Waals surface area (Å²) in [7, 11) is 5.88. The van der Waals surface area contributed by atoms with Gasteiger partial charge in [-0.1, -0.05) is 0 Å². The normalized spacial score (nSPS) is 25.3. The van der Waals surface area contributed by atoms with E-state index in [4.69, 9.17) is 4.74 Å². The maximum Gasteiger partial charge on any atom is 0.223 e. The van der Waals surface area contributed by atoms with Crippen molar-refractivity contribution in [3.63, 3.8) is 0 Å². The SMILES string of the molecule is COc1ccc(C(=O)CCC(=O)N2C[C@H]3CC[C@@H](C2)C3N(C)C)cc1. The number of hydrogen-bond acceptors (Lipinski definition) is 4. The number of piperidine rings is 1. The molecule has 1 aromatic carbocycles. The highest BCUT2D eigenvalue weighted by Crippen LogP contribution is 2.39. The van der Waals surface area contributed by atoms with Gasteiger partial charge < -0.3 is 14.5 Å². The Hall–Kier alpha value is -1.88. The van der Waals surface area contributed by atoms with E-state index in [1.54, 1.807) is 31.4 Å². The van der Waals surface area contributed by atoms with Crippen LogP contribution in [0, 0.1) is 11.8 Å². The Labute approximate surface area is 149 Å². The van der Waals surface area contributed by atoms with Gasteiger partial charge in [-0.2, -0.15) is 0 Å². The minimum Gasteiger partial charge on any atom is -0.497 e. The maximum absolute atomic E-state index is 12.6. The number of methoxy groups -OCH3 is 1. The van der Waals surface area contributed by atoms with Gasteiger partial charge in [0.05, 0.1) is 7.11 Å².